The third kappa shape index (κ3) is 34.9. The fraction of sp³-hybridized carbons (Fsp3) is 0.453. The molecule has 7 aromatic carbocycles. The molecule has 0 heterocycles. The summed E-state index contributed by atoms with van der Waals surface area (Å²) in [7, 11) is 0.750. The third-order valence-corrected chi connectivity index (χ3v) is 18.3. The maximum Gasteiger partial charge on any atom is 1.00 e. The van der Waals surface area contributed by atoms with Crippen LogP contribution in [0.5, 0.6) is 5.75 Å². The molecule has 23 nitrogen and oxygen atoms in total. The number of carbonyl (C=O) groups excluding carboxylic acids is 4. The van der Waals surface area contributed by atoms with Gasteiger partial charge in [0.25, 0.3) is 5.69 Å². The maximum atomic E-state index is 12.0. The average Bonchev–Trinajstić information content (AvgIpc) is 0.769. The van der Waals surface area contributed by atoms with Crippen molar-refractivity contribution in [2.24, 2.45) is 5.92 Å². The first kappa shape index (κ1) is 94.0. The van der Waals surface area contributed by atoms with Crippen LogP contribution in [0.25, 0.3) is 5.53 Å². The summed E-state index contributed by atoms with van der Waals surface area (Å²) in [6, 6.07) is 61.0. The van der Waals surface area contributed by atoms with Crippen molar-refractivity contribution in [3.8, 4) is 5.75 Å². The molecule has 2 atom stereocenters. The van der Waals surface area contributed by atoms with E-state index < -0.39 is 16.9 Å². The van der Waals surface area contributed by atoms with Gasteiger partial charge >= 0.3 is 59.6 Å². The molecule has 24 heteroatoms. The zero-order valence-corrected chi connectivity index (χ0v) is 65.7. The van der Waals surface area contributed by atoms with Gasteiger partial charge in [-0.3, -0.25) is 10.1 Å². The van der Waals surface area contributed by atoms with Crippen molar-refractivity contribution in [2.75, 3.05) is 40.1 Å². The van der Waals surface area contributed by atoms with E-state index in [2.05, 4.69) is 113 Å². The fourth-order valence-electron chi connectivity index (χ4n) is 12.1. The monoisotopic (exact) mass is 1530 g/mol. The molecule has 5 saturated carbocycles. The standard InChI is InChI=1S/C23H22O.C18H17NO5.2C11H14O2.C9H16O3.C8H14O4.C4H6N2O2.CH3O.CH4.Na/c1-16-7-13-22-19(15-16)10-14-21(17-5-3-2-4-6-17)23(22)18-8-11-20(24)12-9-18;20-18(14-6-8-15(9-7-14)19(21)22)24-17-10-16(11-17)23-12-13-4-2-1-3-5-13;2*12-10-6-11(7-10)13-8-9-4-2-1-3-5-9;1-3-11-9(10)6-12-8-4-7(2)5-8;1-2-11-8(10)5-12-7-3-6(9)4-7;1-2-8-4(7)3-6-5;1-2;;/h2-9,11-13,15,21,23-24H,10,14H2,1H3;1-9,16-17H,10-12H2;2*1-5,10-12H,6-8H2;7-8H,3-6H2,1-2H3;6-7,9H,2-5H2,1H3;3H,2H2,1H3;1H3;1H4;/q;;;;;;;-1;;+1/t21-,23+;;;;;;;;;/m1........./s1. The summed E-state index contributed by atoms with van der Waals surface area (Å²) < 4.78 is 46.4. The van der Waals surface area contributed by atoms with Crippen LogP contribution in [0.15, 0.2) is 188 Å². The quantitative estimate of drug-likeness (QED) is 0.00638. The molecule has 6 aliphatic carbocycles. The van der Waals surface area contributed by atoms with Gasteiger partial charge < -0.3 is 73.7 Å². The van der Waals surface area contributed by atoms with E-state index in [1.165, 1.54) is 63.2 Å². The molecule has 0 amide bonds. The Morgan fingerprint density at radius 3 is 1.34 bits per heavy atom. The molecule has 0 bridgehead atoms. The van der Waals surface area contributed by atoms with Gasteiger partial charge in [0.05, 0.1) is 99.0 Å². The van der Waals surface area contributed by atoms with Crippen LogP contribution in [0.4, 0.5) is 5.69 Å². The van der Waals surface area contributed by atoms with Crippen LogP contribution >= 0.6 is 0 Å². The zero-order valence-electron chi connectivity index (χ0n) is 63.7. The van der Waals surface area contributed by atoms with Crippen LogP contribution in [0, 0.1) is 23.0 Å². The van der Waals surface area contributed by atoms with Crippen molar-refractivity contribution in [2.45, 2.75) is 206 Å². The molecule has 0 aromatic heterocycles. The van der Waals surface area contributed by atoms with Gasteiger partial charge in [-0.25, -0.2) is 19.2 Å². The third-order valence-electron chi connectivity index (χ3n) is 18.3. The van der Waals surface area contributed by atoms with Crippen molar-refractivity contribution in [1.29, 1.82) is 0 Å². The Morgan fingerprint density at radius 1 is 0.527 bits per heavy atom. The summed E-state index contributed by atoms with van der Waals surface area (Å²) in [6.45, 7) is 12.7. The SMILES string of the molecule is C.CCOC(=O)C=[N+]=[N-].CCOC(=O)COC1CC(C)C1.CCOC(=O)COC1CC(O)C1.C[O-].Cc1ccc2c(c1)CC[C@H](c1ccccc1)[C@@H]2c1ccc(O)cc1.O=C(OC1CC(OCc2ccccc2)C1)c1ccc([N+](=O)[O-])cc1.OC1CC(OCc2ccccc2)C1.OC1CC(OCc2ccccc2)C1.[Na+]. The maximum absolute atomic E-state index is 12.0. The van der Waals surface area contributed by atoms with Crippen LogP contribution in [-0.2, 0) is 83.3 Å². The second kappa shape index (κ2) is 52.7. The molecule has 0 unspecified atom stereocenters. The minimum Gasteiger partial charge on any atom is -0.857 e. The van der Waals surface area contributed by atoms with Gasteiger partial charge in [0.15, 0.2) is 0 Å². The van der Waals surface area contributed by atoms with Crippen LogP contribution in [0.3, 0.4) is 0 Å². The van der Waals surface area contributed by atoms with Crippen LogP contribution in [-0.4, -0.2) is 155 Å². The van der Waals surface area contributed by atoms with Gasteiger partial charge in [0.2, 0.25) is 0 Å². The smallest absolute Gasteiger partial charge is 0.857 e. The molecule has 5 fully saturated rings. The Kier molecular flexibility index (Phi) is 45.1. The number of aryl methyl sites for hydroxylation is 2. The molecular formula is C86H110N3NaO20. The largest absolute Gasteiger partial charge is 1.00 e. The number of phenols is 1. The Bertz CT molecular complexity index is 3660. The van der Waals surface area contributed by atoms with Gasteiger partial charge in [-0.05, 0) is 167 Å². The number of carbonyl (C=O) groups is 4. The number of aliphatic hydroxyl groups excluding tert-OH is 3. The normalized spacial score (nSPS) is 21.5. The predicted octanol–water partition coefficient (Wildman–Crippen LogP) is 10.4. The Labute approximate surface area is 669 Å². The van der Waals surface area contributed by atoms with E-state index in [-0.39, 0.29) is 117 Å². The number of benzene rings is 7. The fourth-order valence-corrected chi connectivity index (χ4v) is 12.1. The number of phenolic OH excluding ortho intramolecular Hbond substituents is 1. The molecule has 590 valence electrons. The number of ether oxygens (including phenoxy) is 9. The molecule has 4 N–H and O–H groups in total. The molecule has 7 aromatic rings. The van der Waals surface area contributed by atoms with Gasteiger partial charge in [-0.1, -0.05) is 172 Å². The summed E-state index contributed by atoms with van der Waals surface area (Å²) in [4.78, 5) is 56.2. The average molecular weight is 1530 g/mol. The minimum absolute atomic E-state index is 0. The van der Waals surface area contributed by atoms with E-state index in [0.29, 0.717) is 101 Å². The van der Waals surface area contributed by atoms with Crippen LogP contribution in [0.2, 0.25) is 0 Å². The van der Waals surface area contributed by atoms with E-state index in [1.54, 1.807) is 32.9 Å². The van der Waals surface area contributed by atoms with E-state index >= 15 is 0 Å². The molecule has 6 aliphatic rings. The van der Waals surface area contributed by atoms with Gasteiger partial charge in [-0.15, -0.1) is 0 Å². The number of hydrogen-bond donors (Lipinski definition) is 4. The Hall–Kier alpha value is -8.36. The predicted molar refractivity (Wildman–Crippen MR) is 411 cm³/mol. The van der Waals surface area contributed by atoms with Crippen LogP contribution in [0.1, 0.15) is 172 Å². The number of fused-ring (bicyclic) bond motifs is 1. The van der Waals surface area contributed by atoms with E-state index in [9.17, 15) is 34.4 Å². The summed E-state index contributed by atoms with van der Waals surface area (Å²) in [6.07, 6.45) is 11.3. The second-order valence-electron chi connectivity index (χ2n) is 26.8. The van der Waals surface area contributed by atoms with Crippen molar-refractivity contribution in [3.63, 3.8) is 0 Å². The minimum atomic E-state index is -0.630. The number of esters is 4. The topological polar surface area (TPSA) is 335 Å². The second-order valence-corrected chi connectivity index (χ2v) is 26.8. The number of nitro benzene ring substituents is 1. The molecule has 0 aliphatic heterocycles. The number of non-ortho nitro benzene ring substituents is 1. The van der Waals surface area contributed by atoms with E-state index in [4.69, 9.17) is 59.1 Å². The molecule has 0 spiro atoms. The molecule has 0 saturated heterocycles. The van der Waals surface area contributed by atoms with Gasteiger partial charge in [0, 0.05) is 30.9 Å². The van der Waals surface area contributed by atoms with E-state index in [0.717, 1.165) is 70.0 Å². The Balaban J connectivity index is 0.000000277. The van der Waals surface area contributed by atoms with Crippen molar-refractivity contribution < 1.29 is 127 Å². The molecule has 13 rings (SSSR count). The number of nitrogens with zero attached hydrogens (tertiary/aromatic N) is 3. The number of rotatable bonds is 24. The molecular weight excluding hydrogens is 1420 g/mol. The number of hydrogen-bond acceptors (Lipinski definition) is 20. The number of aliphatic hydroxyl groups is 3. The van der Waals surface area contributed by atoms with Crippen molar-refractivity contribution in [3.05, 3.63) is 254 Å². The van der Waals surface area contributed by atoms with Gasteiger partial charge in [0.1, 0.15) is 25.1 Å². The summed E-state index contributed by atoms with van der Waals surface area (Å²) in [5, 5.41) is 55.5. The first-order valence-corrected chi connectivity index (χ1v) is 37.0. The van der Waals surface area contributed by atoms with Crippen molar-refractivity contribution >= 4 is 35.8 Å². The summed E-state index contributed by atoms with van der Waals surface area (Å²) in [5.74, 6) is 0.234. The van der Waals surface area contributed by atoms with Gasteiger partial charge in [-0.2, -0.15) is 11.9 Å². The number of aromatic hydroxyl groups is 1. The number of nitro groups is 1. The van der Waals surface area contributed by atoms with Crippen molar-refractivity contribution in [1.82, 2.24) is 0 Å². The summed E-state index contributed by atoms with van der Waals surface area (Å²) >= 11 is 0. The first-order valence-electron chi connectivity index (χ1n) is 37.0. The molecule has 110 heavy (non-hydrogen) atoms. The molecule has 0 radical (unpaired) electrons. The Morgan fingerprint density at radius 2 is 0.936 bits per heavy atom. The first-order chi connectivity index (χ1) is 52.3. The van der Waals surface area contributed by atoms with Crippen LogP contribution < -0.4 is 34.7 Å². The summed E-state index contributed by atoms with van der Waals surface area (Å²) in [5.41, 5.74) is 18.4. The van der Waals surface area contributed by atoms with E-state index in [1.807, 2.05) is 66.7 Å². The zero-order chi connectivity index (χ0) is 78.0.